The fourth-order valence-corrected chi connectivity index (χ4v) is 3.23. The van der Waals surface area contributed by atoms with Crippen LogP contribution >= 0.6 is 11.8 Å². The lowest BCUT2D eigenvalue weighted by Crippen LogP contribution is -2.34. The first-order chi connectivity index (χ1) is 10.9. The highest BCUT2D eigenvalue weighted by Crippen LogP contribution is 2.40. The lowest BCUT2D eigenvalue weighted by Gasteiger charge is -2.30. The van der Waals surface area contributed by atoms with Gasteiger partial charge in [0.25, 0.3) is 0 Å². The van der Waals surface area contributed by atoms with Crippen molar-refractivity contribution in [3.63, 3.8) is 0 Å². The summed E-state index contributed by atoms with van der Waals surface area (Å²) in [5, 5.41) is 0. The first-order valence-corrected chi connectivity index (χ1v) is 7.97. The lowest BCUT2D eigenvalue weighted by molar-refractivity contribution is -0.119. The Morgan fingerprint density at radius 2 is 1.78 bits per heavy atom. The molecule has 120 valence electrons. The molecule has 0 bridgehead atoms. The molecule has 1 aliphatic rings. The Morgan fingerprint density at radius 3 is 2.48 bits per heavy atom. The minimum atomic E-state index is -4.34. The second kappa shape index (κ2) is 6.28. The number of anilines is 1. The van der Waals surface area contributed by atoms with E-state index in [1.54, 1.807) is 11.0 Å². The van der Waals surface area contributed by atoms with Gasteiger partial charge in [-0.2, -0.15) is 13.2 Å². The molecule has 0 spiro atoms. The maximum Gasteiger partial charge on any atom is 0.446 e. The number of hydrogen-bond donors (Lipinski definition) is 0. The Balaban J connectivity index is 1.93. The van der Waals surface area contributed by atoms with Crippen LogP contribution in [0.1, 0.15) is 17.5 Å². The third-order valence-corrected chi connectivity index (χ3v) is 4.39. The van der Waals surface area contributed by atoms with E-state index in [-0.39, 0.29) is 22.6 Å². The van der Waals surface area contributed by atoms with E-state index < -0.39 is 5.51 Å². The third-order valence-electron chi connectivity index (χ3n) is 3.67. The van der Waals surface area contributed by atoms with E-state index >= 15 is 0 Å². The molecular weight excluding hydrogens is 323 g/mol. The van der Waals surface area contributed by atoms with Crippen molar-refractivity contribution in [3.8, 4) is 0 Å². The van der Waals surface area contributed by atoms with E-state index in [0.29, 0.717) is 25.1 Å². The second-order valence-electron chi connectivity index (χ2n) is 5.30. The average Bonchev–Trinajstić information content (AvgIpc) is 2.50. The zero-order valence-corrected chi connectivity index (χ0v) is 13.0. The number of nitrogens with zero attached hydrogens (tertiary/aromatic N) is 1. The molecular formula is C17H14F3NOS. The lowest BCUT2D eigenvalue weighted by atomic mass is 10.0. The predicted molar refractivity (Wildman–Crippen MR) is 84.3 cm³/mol. The van der Waals surface area contributed by atoms with Crippen LogP contribution in [0.2, 0.25) is 0 Å². The number of amides is 1. The second-order valence-corrected chi connectivity index (χ2v) is 6.44. The number of halogens is 3. The molecule has 0 aliphatic carbocycles. The summed E-state index contributed by atoms with van der Waals surface area (Å²) in [5.41, 5.74) is -1.90. The van der Waals surface area contributed by atoms with Crippen LogP contribution < -0.4 is 4.90 Å². The van der Waals surface area contributed by atoms with Crippen molar-refractivity contribution in [2.45, 2.75) is 29.8 Å². The molecule has 0 atom stereocenters. The zero-order chi connectivity index (χ0) is 16.4. The van der Waals surface area contributed by atoms with Gasteiger partial charge in [-0.3, -0.25) is 4.79 Å². The van der Waals surface area contributed by atoms with Gasteiger partial charge >= 0.3 is 5.51 Å². The number of hydrogen-bond acceptors (Lipinski definition) is 2. The van der Waals surface area contributed by atoms with E-state index in [2.05, 4.69) is 0 Å². The number of alkyl halides is 3. The Labute approximate surface area is 136 Å². The van der Waals surface area contributed by atoms with Gasteiger partial charge in [-0.25, -0.2) is 0 Å². The molecule has 2 aromatic carbocycles. The number of rotatable bonds is 3. The minimum Gasteiger partial charge on any atom is -0.308 e. The van der Waals surface area contributed by atoms with Crippen LogP contribution in [0, 0.1) is 0 Å². The summed E-state index contributed by atoms with van der Waals surface area (Å²) in [7, 11) is 0. The SMILES string of the molecule is O=C1CCc2ccc(SC(F)(F)F)cc2N1Cc1ccccc1. The molecule has 0 fully saturated rings. The van der Waals surface area contributed by atoms with Gasteiger partial charge in [-0.05, 0) is 41.4 Å². The summed E-state index contributed by atoms with van der Waals surface area (Å²) in [6, 6.07) is 14.1. The minimum absolute atomic E-state index is 0.0597. The van der Waals surface area contributed by atoms with Crippen molar-refractivity contribution in [1.29, 1.82) is 0 Å². The van der Waals surface area contributed by atoms with E-state index in [0.717, 1.165) is 11.1 Å². The maximum absolute atomic E-state index is 12.6. The normalized spacial score (nSPS) is 14.7. The Bertz CT molecular complexity index is 716. The highest BCUT2D eigenvalue weighted by molar-refractivity contribution is 8.00. The molecule has 0 saturated heterocycles. The molecule has 0 aromatic heterocycles. The molecule has 1 aliphatic heterocycles. The standard InChI is InChI=1S/C17H14F3NOS/c18-17(19,20)23-14-8-6-13-7-9-16(22)21(15(13)10-14)11-12-4-2-1-3-5-12/h1-6,8,10H,7,9,11H2. The van der Waals surface area contributed by atoms with Gasteiger partial charge in [0, 0.05) is 17.0 Å². The molecule has 0 saturated carbocycles. The van der Waals surface area contributed by atoms with Crippen molar-refractivity contribution in [2.75, 3.05) is 4.90 Å². The van der Waals surface area contributed by atoms with Gasteiger partial charge in [0.15, 0.2) is 0 Å². The molecule has 23 heavy (non-hydrogen) atoms. The van der Waals surface area contributed by atoms with E-state index in [1.165, 1.54) is 12.1 Å². The summed E-state index contributed by atoms with van der Waals surface area (Å²) < 4.78 is 37.7. The van der Waals surface area contributed by atoms with Crippen LogP contribution in [0.4, 0.5) is 18.9 Å². The van der Waals surface area contributed by atoms with Crippen LogP contribution in [-0.2, 0) is 17.8 Å². The molecule has 0 N–H and O–H groups in total. The van der Waals surface area contributed by atoms with E-state index in [9.17, 15) is 18.0 Å². The van der Waals surface area contributed by atoms with E-state index in [1.807, 2.05) is 30.3 Å². The third kappa shape index (κ3) is 3.88. The van der Waals surface area contributed by atoms with Crippen LogP contribution in [0.3, 0.4) is 0 Å². The van der Waals surface area contributed by atoms with Gasteiger partial charge in [-0.15, -0.1) is 0 Å². The van der Waals surface area contributed by atoms with Crippen molar-refractivity contribution in [3.05, 3.63) is 59.7 Å². The van der Waals surface area contributed by atoms with Crippen molar-refractivity contribution in [1.82, 2.24) is 0 Å². The van der Waals surface area contributed by atoms with Gasteiger partial charge in [0.05, 0.1) is 6.54 Å². The monoisotopic (exact) mass is 337 g/mol. The largest absolute Gasteiger partial charge is 0.446 e. The summed E-state index contributed by atoms with van der Waals surface area (Å²) in [6.45, 7) is 0.368. The van der Waals surface area contributed by atoms with E-state index in [4.69, 9.17) is 0 Å². The fraction of sp³-hybridized carbons (Fsp3) is 0.235. The molecule has 1 amide bonds. The number of aryl methyl sites for hydroxylation is 1. The highest BCUT2D eigenvalue weighted by Gasteiger charge is 2.31. The number of carbonyl (C=O) groups excluding carboxylic acids is 1. The van der Waals surface area contributed by atoms with Gasteiger partial charge < -0.3 is 4.90 Å². The molecule has 0 unspecified atom stereocenters. The van der Waals surface area contributed by atoms with Crippen LogP contribution in [0.15, 0.2) is 53.4 Å². The molecule has 3 rings (SSSR count). The maximum atomic E-state index is 12.6. The fourth-order valence-electron chi connectivity index (χ4n) is 2.65. The smallest absolute Gasteiger partial charge is 0.308 e. The Morgan fingerprint density at radius 1 is 1.04 bits per heavy atom. The summed E-state index contributed by atoms with van der Waals surface area (Å²) in [5.74, 6) is -0.0597. The Hall–Kier alpha value is -1.95. The van der Waals surface area contributed by atoms with Gasteiger partial charge in [0.2, 0.25) is 5.91 Å². The Kier molecular flexibility index (Phi) is 4.35. The predicted octanol–water partition coefficient (Wildman–Crippen LogP) is 4.78. The molecule has 2 aromatic rings. The quantitative estimate of drug-likeness (QED) is 0.752. The summed E-state index contributed by atoms with van der Waals surface area (Å²) in [6.07, 6.45) is 0.946. The van der Waals surface area contributed by atoms with Crippen LogP contribution in [0.5, 0.6) is 0 Å². The first-order valence-electron chi connectivity index (χ1n) is 7.15. The highest BCUT2D eigenvalue weighted by atomic mass is 32.2. The van der Waals surface area contributed by atoms with Crippen molar-refractivity contribution < 1.29 is 18.0 Å². The van der Waals surface area contributed by atoms with Crippen LogP contribution in [0.25, 0.3) is 0 Å². The molecule has 0 radical (unpaired) electrons. The average molecular weight is 337 g/mol. The number of thioether (sulfide) groups is 1. The first kappa shape index (κ1) is 15.9. The molecule has 2 nitrogen and oxygen atoms in total. The topological polar surface area (TPSA) is 20.3 Å². The molecule has 1 heterocycles. The van der Waals surface area contributed by atoms with Crippen molar-refractivity contribution >= 4 is 23.4 Å². The number of benzene rings is 2. The van der Waals surface area contributed by atoms with Crippen molar-refractivity contribution in [2.24, 2.45) is 0 Å². The van der Waals surface area contributed by atoms with Gasteiger partial charge in [0.1, 0.15) is 0 Å². The number of carbonyl (C=O) groups is 1. The zero-order valence-electron chi connectivity index (χ0n) is 12.1. The summed E-state index contributed by atoms with van der Waals surface area (Å²) in [4.78, 5) is 13.9. The van der Waals surface area contributed by atoms with Crippen LogP contribution in [-0.4, -0.2) is 11.4 Å². The number of fused-ring (bicyclic) bond motifs is 1. The van der Waals surface area contributed by atoms with Gasteiger partial charge in [-0.1, -0.05) is 36.4 Å². The summed E-state index contributed by atoms with van der Waals surface area (Å²) >= 11 is -0.155. The molecule has 6 heteroatoms.